The highest BCUT2D eigenvalue weighted by molar-refractivity contribution is 5.51. The van der Waals surface area contributed by atoms with Crippen molar-refractivity contribution < 1.29 is 0 Å². The van der Waals surface area contributed by atoms with Crippen LogP contribution in [-0.2, 0) is 0 Å². The molecule has 0 amide bonds. The second-order valence-electron chi connectivity index (χ2n) is 4.43. The Balaban J connectivity index is 1.88. The molecule has 1 heteroatoms. The van der Waals surface area contributed by atoms with Crippen molar-refractivity contribution >= 4 is 6.08 Å². The summed E-state index contributed by atoms with van der Waals surface area (Å²) in [6, 6.07) is 7.40. The first-order valence-corrected chi connectivity index (χ1v) is 5.73. The lowest BCUT2D eigenvalue weighted by Crippen LogP contribution is -2.15. The van der Waals surface area contributed by atoms with Crippen molar-refractivity contribution in [2.45, 2.75) is 32.7 Å². The predicted molar refractivity (Wildman–Crippen MR) is 66.0 cm³/mol. The normalized spacial score (nSPS) is 16.1. The molecule has 0 spiro atoms. The van der Waals surface area contributed by atoms with Crippen molar-refractivity contribution in [3.05, 3.63) is 41.0 Å². The molecular formula is C14H19N. The molecule has 2 rings (SSSR count). The van der Waals surface area contributed by atoms with Gasteiger partial charge in [0.15, 0.2) is 0 Å². The SMILES string of the molecule is Cc1ccc(C=CCNC2CC2)cc1C. The highest BCUT2D eigenvalue weighted by atomic mass is 14.9. The summed E-state index contributed by atoms with van der Waals surface area (Å²) in [5.41, 5.74) is 4.03. The molecule has 0 saturated heterocycles. The van der Waals surface area contributed by atoms with Gasteiger partial charge in [-0.1, -0.05) is 30.4 Å². The van der Waals surface area contributed by atoms with E-state index in [0.29, 0.717) is 0 Å². The fourth-order valence-corrected chi connectivity index (χ4v) is 1.59. The topological polar surface area (TPSA) is 12.0 Å². The monoisotopic (exact) mass is 201 g/mol. The summed E-state index contributed by atoms with van der Waals surface area (Å²) in [7, 11) is 0. The first-order chi connectivity index (χ1) is 7.25. The second-order valence-corrected chi connectivity index (χ2v) is 4.43. The van der Waals surface area contributed by atoms with Crippen LogP contribution in [0.4, 0.5) is 0 Å². The first-order valence-electron chi connectivity index (χ1n) is 5.73. The van der Waals surface area contributed by atoms with Gasteiger partial charge >= 0.3 is 0 Å². The largest absolute Gasteiger partial charge is 0.311 e. The molecule has 0 heterocycles. The van der Waals surface area contributed by atoms with Crippen LogP contribution in [0.25, 0.3) is 6.08 Å². The zero-order chi connectivity index (χ0) is 10.7. The molecule has 1 aromatic rings. The van der Waals surface area contributed by atoms with Gasteiger partial charge in [0.25, 0.3) is 0 Å². The lowest BCUT2D eigenvalue weighted by molar-refractivity contribution is 0.754. The molecule has 0 aliphatic heterocycles. The molecule has 0 bridgehead atoms. The van der Waals surface area contributed by atoms with Crippen molar-refractivity contribution in [2.24, 2.45) is 0 Å². The Hall–Kier alpha value is -1.08. The van der Waals surface area contributed by atoms with Crippen LogP contribution in [0.5, 0.6) is 0 Å². The maximum absolute atomic E-state index is 3.47. The fourth-order valence-electron chi connectivity index (χ4n) is 1.59. The lowest BCUT2D eigenvalue weighted by Gasteiger charge is -2.01. The number of aryl methyl sites for hydroxylation is 2. The Labute approximate surface area is 92.2 Å². The Morgan fingerprint density at radius 1 is 1.27 bits per heavy atom. The Morgan fingerprint density at radius 3 is 2.73 bits per heavy atom. The van der Waals surface area contributed by atoms with Crippen molar-refractivity contribution in [3.63, 3.8) is 0 Å². The van der Waals surface area contributed by atoms with Crippen molar-refractivity contribution in [1.82, 2.24) is 5.32 Å². The summed E-state index contributed by atoms with van der Waals surface area (Å²) < 4.78 is 0. The number of hydrogen-bond donors (Lipinski definition) is 1. The zero-order valence-corrected chi connectivity index (χ0v) is 9.59. The Kier molecular flexibility index (Phi) is 3.22. The van der Waals surface area contributed by atoms with Gasteiger partial charge in [0.1, 0.15) is 0 Å². The third-order valence-electron chi connectivity index (χ3n) is 2.94. The van der Waals surface area contributed by atoms with Gasteiger partial charge in [-0.25, -0.2) is 0 Å². The van der Waals surface area contributed by atoms with Gasteiger partial charge < -0.3 is 5.32 Å². The minimum absolute atomic E-state index is 0.800. The predicted octanol–water partition coefficient (Wildman–Crippen LogP) is 3.07. The van der Waals surface area contributed by atoms with E-state index in [1.807, 2.05) is 0 Å². The molecule has 1 nitrogen and oxygen atoms in total. The number of nitrogens with one attached hydrogen (secondary N) is 1. The van der Waals surface area contributed by atoms with E-state index in [2.05, 4.69) is 49.5 Å². The smallest absolute Gasteiger partial charge is 0.0140 e. The van der Waals surface area contributed by atoms with Gasteiger partial charge in [-0.15, -0.1) is 0 Å². The molecule has 1 N–H and O–H groups in total. The molecule has 1 saturated carbocycles. The maximum atomic E-state index is 3.47. The van der Waals surface area contributed by atoms with Crippen LogP contribution in [0.2, 0.25) is 0 Å². The van der Waals surface area contributed by atoms with Crippen LogP contribution < -0.4 is 5.32 Å². The third-order valence-corrected chi connectivity index (χ3v) is 2.94. The van der Waals surface area contributed by atoms with Crippen LogP contribution in [0, 0.1) is 13.8 Å². The minimum Gasteiger partial charge on any atom is -0.311 e. The summed E-state index contributed by atoms with van der Waals surface area (Å²) in [5, 5.41) is 3.47. The van der Waals surface area contributed by atoms with E-state index >= 15 is 0 Å². The first kappa shape index (κ1) is 10.4. The van der Waals surface area contributed by atoms with E-state index < -0.39 is 0 Å². The molecule has 0 atom stereocenters. The number of rotatable bonds is 4. The second kappa shape index (κ2) is 4.63. The van der Waals surface area contributed by atoms with E-state index in [9.17, 15) is 0 Å². The molecule has 15 heavy (non-hydrogen) atoms. The molecule has 0 aromatic heterocycles. The molecule has 80 valence electrons. The van der Waals surface area contributed by atoms with E-state index in [1.54, 1.807) is 0 Å². The van der Waals surface area contributed by atoms with Gasteiger partial charge in [-0.3, -0.25) is 0 Å². The third kappa shape index (κ3) is 3.21. The van der Waals surface area contributed by atoms with Gasteiger partial charge in [-0.2, -0.15) is 0 Å². The Bertz CT molecular complexity index is 362. The van der Waals surface area contributed by atoms with Gasteiger partial charge in [0.05, 0.1) is 0 Å². The summed E-state index contributed by atoms with van der Waals surface area (Å²) in [4.78, 5) is 0. The van der Waals surface area contributed by atoms with Gasteiger partial charge in [0, 0.05) is 12.6 Å². The van der Waals surface area contributed by atoms with E-state index in [0.717, 1.165) is 12.6 Å². The quantitative estimate of drug-likeness (QED) is 0.789. The van der Waals surface area contributed by atoms with E-state index in [4.69, 9.17) is 0 Å². The lowest BCUT2D eigenvalue weighted by atomic mass is 10.1. The highest BCUT2D eigenvalue weighted by Gasteiger charge is 2.18. The average Bonchev–Trinajstić information content (AvgIpc) is 3.02. The minimum atomic E-state index is 0.800. The molecular weight excluding hydrogens is 182 g/mol. The summed E-state index contributed by atoms with van der Waals surface area (Å²) in [6.07, 6.45) is 7.12. The average molecular weight is 201 g/mol. The Morgan fingerprint density at radius 2 is 2.07 bits per heavy atom. The molecule has 1 fully saturated rings. The van der Waals surface area contributed by atoms with Crippen molar-refractivity contribution in [1.29, 1.82) is 0 Å². The highest BCUT2D eigenvalue weighted by Crippen LogP contribution is 2.18. The summed E-state index contributed by atoms with van der Waals surface area (Å²) in [5.74, 6) is 0. The summed E-state index contributed by atoms with van der Waals surface area (Å²) in [6.45, 7) is 5.31. The molecule has 0 unspecified atom stereocenters. The molecule has 1 aromatic carbocycles. The van der Waals surface area contributed by atoms with Gasteiger partial charge in [-0.05, 0) is 43.4 Å². The van der Waals surface area contributed by atoms with Crippen LogP contribution in [0.3, 0.4) is 0 Å². The van der Waals surface area contributed by atoms with Crippen molar-refractivity contribution in [3.8, 4) is 0 Å². The van der Waals surface area contributed by atoms with E-state index in [1.165, 1.54) is 29.5 Å². The van der Waals surface area contributed by atoms with Crippen LogP contribution in [0.1, 0.15) is 29.5 Å². The number of hydrogen-bond acceptors (Lipinski definition) is 1. The fraction of sp³-hybridized carbons (Fsp3) is 0.429. The maximum Gasteiger partial charge on any atom is 0.0140 e. The van der Waals surface area contributed by atoms with Crippen LogP contribution in [0.15, 0.2) is 24.3 Å². The molecule has 1 aliphatic carbocycles. The standard InChI is InChI=1S/C14H19N/c1-11-5-6-13(10-12(11)2)4-3-9-15-14-7-8-14/h3-6,10,14-15H,7-9H2,1-2H3. The van der Waals surface area contributed by atoms with Crippen LogP contribution >= 0.6 is 0 Å². The van der Waals surface area contributed by atoms with E-state index in [-0.39, 0.29) is 0 Å². The van der Waals surface area contributed by atoms with Crippen molar-refractivity contribution in [2.75, 3.05) is 6.54 Å². The van der Waals surface area contributed by atoms with Crippen LogP contribution in [-0.4, -0.2) is 12.6 Å². The molecule has 0 radical (unpaired) electrons. The zero-order valence-electron chi connectivity index (χ0n) is 9.59. The summed E-state index contributed by atoms with van der Waals surface area (Å²) >= 11 is 0. The molecule has 1 aliphatic rings. The number of benzene rings is 1. The van der Waals surface area contributed by atoms with Gasteiger partial charge in [0.2, 0.25) is 0 Å².